The van der Waals surface area contributed by atoms with Crippen molar-refractivity contribution in [2.75, 3.05) is 34.9 Å². The summed E-state index contributed by atoms with van der Waals surface area (Å²) in [6.45, 7) is 0.497. The molecule has 0 aliphatic carbocycles. The molecule has 26 heavy (non-hydrogen) atoms. The third-order valence-corrected chi connectivity index (χ3v) is 4.97. The SMILES string of the molecule is COc1cc2c(cc1O)[C@H](O)CN(C)[C@H]2Cc1ccc(OC)c(OC)c1. The summed E-state index contributed by atoms with van der Waals surface area (Å²) in [5.41, 5.74) is 2.79. The van der Waals surface area contributed by atoms with Gasteiger partial charge in [0.15, 0.2) is 23.0 Å². The number of methoxy groups -OCH3 is 3. The molecule has 6 nitrogen and oxygen atoms in total. The number of aromatic hydroxyl groups is 1. The molecule has 0 bridgehead atoms. The van der Waals surface area contributed by atoms with E-state index >= 15 is 0 Å². The van der Waals surface area contributed by atoms with Gasteiger partial charge in [0.1, 0.15) is 0 Å². The number of rotatable bonds is 5. The van der Waals surface area contributed by atoms with Crippen LogP contribution in [-0.2, 0) is 6.42 Å². The Morgan fingerprint density at radius 2 is 1.65 bits per heavy atom. The maximum absolute atomic E-state index is 10.4. The highest BCUT2D eigenvalue weighted by molar-refractivity contribution is 5.50. The van der Waals surface area contributed by atoms with Crippen molar-refractivity contribution in [1.82, 2.24) is 4.90 Å². The normalized spacial score (nSPS) is 19.7. The number of β-amino-alcohol motifs (C(OH)–C–C–N with tert-alkyl or cyclic N) is 1. The first kappa shape index (κ1) is 18.4. The van der Waals surface area contributed by atoms with E-state index in [2.05, 4.69) is 4.90 Å². The number of likely N-dealkylation sites (N-methyl/N-ethyl adjacent to an activating group) is 1. The van der Waals surface area contributed by atoms with Crippen LogP contribution in [0.4, 0.5) is 0 Å². The molecule has 2 N–H and O–H groups in total. The van der Waals surface area contributed by atoms with Crippen molar-refractivity contribution >= 4 is 0 Å². The summed E-state index contributed by atoms with van der Waals surface area (Å²) in [5, 5.41) is 20.5. The largest absolute Gasteiger partial charge is 0.504 e. The molecule has 0 fully saturated rings. The molecular formula is C20H25NO5. The summed E-state index contributed by atoms with van der Waals surface area (Å²) in [6.07, 6.45) is 0.0817. The second kappa shape index (κ2) is 7.43. The maximum atomic E-state index is 10.4. The fourth-order valence-corrected chi connectivity index (χ4v) is 3.57. The van der Waals surface area contributed by atoms with E-state index < -0.39 is 6.10 Å². The minimum Gasteiger partial charge on any atom is -0.504 e. The van der Waals surface area contributed by atoms with Crippen LogP contribution in [0, 0.1) is 0 Å². The lowest BCUT2D eigenvalue weighted by atomic mass is 9.87. The standard InChI is InChI=1S/C20H25NO5/c1-21-11-17(23)14-9-16(22)19(25-3)10-13(14)15(21)7-12-5-6-18(24-2)20(8-12)26-4/h5-6,8-10,15,17,22-23H,7,11H2,1-4H3/t15-,17+/m0/s1. The van der Waals surface area contributed by atoms with Gasteiger partial charge in [0.2, 0.25) is 0 Å². The van der Waals surface area contributed by atoms with Crippen molar-refractivity contribution in [2.45, 2.75) is 18.6 Å². The molecule has 2 aromatic carbocycles. The topological polar surface area (TPSA) is 71.4 Å². The Balaban J connectivity index is 1.99. The van der Waals surface area contributed by atoms with Gasteiger partial charge in [0, 0.05) is 12.6 Å². The molecule has 3 rings (SSSR count). The molecule has 0 amide bonds. The number of phenolic OH excluding ortho intramolecular Hbond substituents is 1. The Morgan fingerprint density at radius 3 is 2.31 bits per heavy atom. The molecule has 1 aliphatic rings. The van der Waals surface area contributed by atoms with Crippen LogP contribution in [0.2, 0.25) is 0 Å². The van der Waals surface area contributed by atoms with Gasteiger partial charge in [-0.3, -0.25) is 4.90 Å². The predicted octanol–water partition coefficient (Wildman–Crippen LogP) is 2.68. The second-order valence-corrected chi connectivity index (χ2v) is 6.52. The molecule has 2 aromatic rings. The first-order valence-electron chi connectivity index (χ1n) is 8.48. The molecule has 0 saturated heterocycles. The van der Waals surface area contributed by atoms with Crippen LogP contribution in [0.25, 0.3) is 0 Å². The Bertz CT molecular complexity index is 792. The van der Waals surface area contributed by atoms with Crippen molar-refractivity contribution < 1.29 is 24.4 Å². The Labute approximate surface area is 153 Å². The van der Waals surface area contributed by atoms with Crippen LogP contribution in [0.15, 0.2) is 30.3 Å². The maximum Gasteiger partial charge on any atom is 0.160 e. The number of aliphatic hydroxyl groups excluding tert-OH is 1. The van der Waals surface area contributed by atoms with E-state index in [1.165, 1.54) is 7.11 Å². The number of aliphatic hydroxyl groups is 1. The summed E-state index contributed by atoms with van der Waals surface area (Å²) in [5.74, 6) is 1.82. The van der Waals surface area contributed by atoms with Gasteiger partial charge in [-0.05, 0) is 54.4 Å². The van der Waals surface area contributed by atoms with Crippen LogP contribution < -0.4 is 14.2 Å². The van der Waals surface area contributed by atoms with Gasteiger partial charge in [-0.15, -0.1) is 0 Å². The second-order valence-electron chi connectivity index (χ2n) is 6.52. The average Bonchev–Trinajstić information content (AvgIpc) is 2.64. The van der Waals surface area contributed by atoms with Crippen LogP contribution >= 0.6 is 0 Å². The molecular weight excluding hydrogens is 334 g/mol. The summed E-state index contributed by atoms with van der Waals surface area (Å²) in [6, 6.07) is 9.33. The smallest absolute Gasteiger partial charge is 0.160 e. The molecule has 0 spiro atoms. The highest BCUT2D eigenvalue weighted by Crippen LogP contribution is 2.42. The summed E-state index contributed by atoms with van der Waals surface area (Å²) >= 11 is 0. The lowest BCUT2D eigenvalue weighted by Crippen LogP contribution is -2.36. The molecule has 140 valence electrons. The van der Waals surface area contributed by atoms with E-state index in [1.807, 2.05) is 31.3 Å². The van der Waals surface area contributed by atoms with Crippen LogP contribution in [-0.4, -0.2) is 50.0 Å². The third-order valence-electron chi connectivity index (χ3n) is 4.97. The van der Waals surface area contributed by atoms with Gasteiger partial charge < -0.3 is 24.4 Å². The Morgan fingerprint density at radius 1 is 0.962 bits per heavy atom. The fourth-order valence-electron chi connectivity index (χ4n) is 3.57. The number of phenols is 1. The fraction of sp³-hybridized carbons (Fsp3) is 0.400. The summed E-state index contributed by atoms with van der Waals surface area (Å²) in [7, 11) is 6.74. The minimum atomic E-state index is -0.645. The van der Waals surface area contributed by atoms with E-state index in [0.29, 0.717) is 23.8 Å². The van der Waals surface area contributed by atoms with E-state index in [-0.39, 0.29) is 11.8 Å². The Kier molecular flexibility index (Phi) is 5.25. The molecule has 0 aromatic heterocycles. The summed E-state index contributed by atoms with van der Waals surface area (Å²) < 4.78 is 16.0. The quantitative estimate of drug-likeness (QED) is 0.855. The van der Waals surface area contributed by atoms with Gasteiger partial charge in [0.05, 0.1) is 27.4 Å². The van der Waals surface area contributed by atoms with E-state index in [4.69, 9.17) is 14.2 Å². The van der Waals surface area contributed by atoms with E-state index in [9.17, 15) is 10.2 Å². The molecule has 0 saturated carbocycles. The van der Waals surface area contributed by atoms with Crippen molar-refractivity contribution in [2.24, 2.45) is 0 Å². The van der Waals surface area contributed by atoms with Crippen molar-refractivity contribution in [1.29, 1.82) is 0 Å². The third kappa shape index (κ3) is 3.30. The monoisotopic (exact) mass is 359 g/mol. The summed E-state index contributed by atoms with van der Waals surface area (Å²) in [4.78, 5) is 2.11. The van der Waals surface area contributed by atoms with Gasteiger partial charge in [-0.25, -0.2) is 0 Å². The molecule has 0 radical (unpaired) electrons. The number of benzene rings is 2. The minimum absolute atomic E-state index is 0.0414. The zero-order chi connectivity index (χ0) is 18.8. The number of hydrogen-bond acceptors (Lipinski definition) is 6. The number of fused-ring (bicyclic) bond motifs is 1. The van der Waals surface area contributed by atoms with Crippen molar-refractivity contribution in [3.63, 3.8) is 0 Å². The molecule has 1 aliphatic heterocycles. The predicted molar refractivity (Wildman–Crippen MR) is 98.2 cm³/mol. The first-order chi connectivity index (χ1) is 12.5. The van der Waals surface area contributed by atoms with Crippen molar-refractivity contribution in [3.05, 3.63) is 47.0 Å². The number of hydrogen-bond donors (Lipinski definition) is 2. The van der Waals surface area contributed by atoms with Crippen LogP contribution in [0.3, 0.4) is 0 Å². The lowest BCUT2D eigenvalue weighted by molar-refractivity contribution is 0.0831. The zero-order valence-electron chi connectivity index (χ0n) is 15.5. The zero-order valence-corrected chi connectivity index (χ0v) is 15.5. The van der Waals surface area contributed by atoms with E-state index in [0.717, 1.165) is 23.1 Å². The highest BCUT2D eigenvalue weighted by atomic mass is 16.5. The molecule has 2 atom stereocenters. The highest BCUT2D eigenvalue weighted by Gasteiger charge is 2.31. The van der Waals surface area contributed by atoms with E-state index in [1.54, 1.807) is 20.3 Å². The number of ether oxygens (including phenoxy) is 3. The first-order valence-corrected chi connectivity index (χ1v) is 8.48. The molecule has 6 heteroatoms. The van der Waals surface area contributed by atoms with Gasteiger partial charge in [0.25, 0.3) is 0 Å². The van der Waals surface area contributed by atoms with Gasteiger partial charge >= 0.3 is 0 Å². The Hall–Kier alpha value is -2.44. The van der Waals surface area contributed by atoms with Gasteiger partial charge in [-0.1, -0.05) is 6.07 Å². The van der Waals surface area contributed by atoms with Crippen LogP contribution in [0.1, 0.15) is 28.8 Å². The average molecular weight is 359 g/mol. The lowest BCUT2D eigenvalue weighted by Gasteiger charge is -2.37. The van der Waals surface area contributed by atoms with Crippen molar-refractivity contribution in [3.8, 4) is 23.0 Å². The van der Waals surface area contributed by atoms with Gasteiger partial charge in [-0.2, -0.15) is 0 Å². The molecule has 1 heterocycles. The van der Waals surface area contributed by atoms with Crippen LogP contribution in [0.5, 0.6) is 23.0 Å². The number of nitrogens with zero attached hydrogens (tertiary/aromatic N) is 1. The molecule has 0 unspecified atom stereocenters.